The van der Waals surface area contributed by atoms with Crippen molar-refractivity contribution in [2.45, 2.75) is 19.1 Å². The molecule has 2 atom stereocenters. The number of hydrogen-bond acceptors (Lipinski definition) is 6. The van der Waals surface area contributed by atoms with Crippen molar-refractivity contribution in [3.8, 4) is 11.3 Å². The van der Waals surface area contributed by atoms with E-state index in [0.717, 1.165) is 22.5 Å². The number of aromatic nitrogens is 3. The van der Waals surface area contributed by atoms with Gasteiger partial charge in [0.2, 0.25) is 0 Å². The van der Waals surface area contributed by atoms with Crippen LogP contribution in [0.2, 0.25) is 0 Å². The summed E-state index contributed by atoms with van der Waals surface area (Å²) in [7, 11) is 0. The molecule has 3 heterocycles. The summed E-state index contributed by atoms with van der Waals surface area (Å²) in [6.45, 7) is 3.33. The molecule has 4 aromatic rings. The van der Waals surface area contributed by atoms with Crippen molar-refractivity contribution in [3.05, 3.63) is 84.4 Å². The predicted molar refractivity (Wildman–Crippen MR) is 128 cm³/mol. The number of anilines is 1. The summed E-state index contributed by atoms with van der Waals surface area (Å²) in [5.74, 6) is 0.0425. The Morgan fingerprint density at radius 2 is 1.94 bits per heavy atom. The van der Waals surface area contributed by atoms with Gasteiger partial charge in [0.15, 0.2) is 11.9 Å². The topological polar surface area (TPSA) is 80.2 Å². The number of fused-ring (bicyclic) bond motifs is 1. The van der Waals surface area contributed by atoms with E-state index in [2.05, 4.69) is 44.8 Å². The number of hydrogen-bond donors (Lipinski definition) is 1. The first-order valence-electron chi connectivity index (χ1n) is 11.2. The Balaban J connectivity index is 1.24. The molecule has 1 aliphatic rings. The maximum atomic E-state index is 13.4. The molecule has 1 N–H and O–H groups in total. The zero-order valence-corrected chi connectivity index (χ0v) is 18.7. The van der Waals surface area contributed by atoms with Crippen molar-refractivity contribution >= 4 is 22.5 Å². The van der Waals surface area contributed by atoms with Gasteiger partial charge in [0, 0.05) is 18.3 Å². The molecule has 5 rings (SSSR count). The third-order valence-corrected chi connectivity index (χ3v) is 5.97. The van der Waals surface area contributed by atoms with Crippen LogP contribution >= 0.6 is 0 Å². The molecular formula is C26H24FN5O2. The third kappa shape index (κ3) is 4.72. The SMILES string of the molecule is C[C@@H](NC(=O)C1CN(c2ccc(-c3cncc(F)c3)nn2)CCO1)c1ccc2ccccc2c1. The standard InChI is InChI=1S/C26H24FN5O2/c1-17(19-7-6-18-4-2-3-5-20(18)12-19)29-26(33)24-16-32(10-11-34-24)25-9-8-23(30-31-25)21-13-22(27)15-28-14-21/h2-9,12-15,17,24H,10-11,16H2,1H3,(H,29,33)/t17-,24?/m1/s1. The lowest BCUT2D eigenvalue weighted by Gasteiger charge is -2.33. The second kappa shape index (κ2) is 9.52. The minimum atomic E-state index is -0.620. The van der Waals surface area contributed by atoms with Crippen LogP contribution in [-0.4, -0.2) is 46.9 Å². The summed E-state index contributed by atoms with van der Waals surface area (Å²) >= 11 is 0. The fourth-order valence-corrected chi connectivity index (χ4v) is 4.08. The number of halogens is 1. The first-order chi connectivity index (χ1) is 16.6. The number of benzene rings is 2. The molecule has 1 fully saturated rings. The fourth-order valence-electron chi connectivity index (χ4n) is 4.08. The maximum Gasteiger partial charge on any atom is 0.251 e. The number of pyridine rings is 1. The molecule has 2 aromatic heterocycles. The molecule has 7 nitrogen and oxygen atoms in total. The summed E-state index contributed by atoms with van der Waals surface area (Å²) in [6.07, 6.45) is 2.06. The highest BCUT2D eigenvalue weighted by molar-refractivity contribution is 5.84. The molecular weight excluding hydrogens is 433 g/mol. The van der Waals surface area contributed by atoms with Crippen LogP contribution in [0.15, 0.2) is 73.1 Å². The highest BCUT2D eigenvalue weighted by Gasteiger charge is 2.28. The van der Waals surface area contributed by atoms with E-state index in [4.69, 9.17) is 4.74 Å². The first-order valence-corrected chi connectivity index (χ1v) is 11.2. The van der Waals surface area contributed by atoms with E-state index in [1.165, 1.54) is 6.07 Å². The van der Waals surface area contributed by atoms with Crippen molar-refractivity contribution in [2.24, 2.45) is 0 Å². The molecule has 0 saturated carbocycles. The van der Waals surface area contributed by atoms with E-state index in [-0.39, 0.29) is 11.9 Å². The van der Waals surface area contributed by atoms with Gasteiger partial charge in [-0.25, -0.2) is 4.39 Å². The van der Waals surface area contributed by atoms with Gasteiger partial charge in [-0.3, -0.25) is 9.78 Å². The lowest BCUT2D eigenvalue weighted by Crippen LogP contribution is -2.50. The van der Waals surface area contributed by atoms with Crippen molar-refractivity contribution in [1.29, 1.82) is 0 Å². The van der Waals surface area contributed by atoms with E-state index in [0.29, 0.717) is 36.8 Å². The van der Waals surface area contributed by atoms with Crippen LogP contribution in [0.4, 0.5) is 10.2 Å². The Morgan fingerprint density at radius 1 is 1.09 bits per heavy atom. The van der Waals surface area contributed by atoms with Crippen LogP contribution in [0.5, 0.6) is 0 Å². The lowest BCUT2D eigenvalue weighted by molar-refractivity contribution is -0.134. The zero-order valence-electron chi connectivity index (χ0n) is 18.7. The molecule has 34 heavy (non-hydrogen) atoms. The van der Waals surface area contributed by atoms with Gasteiger partial charge in [-0.15, -0.1) is 10.2 Å². The van der Waals surface area contributed by atoms with E-state index in [1.54, 1.807) is 12.3 Å². The maximum absolute atomic E-state index is 13.4. The van der Waals surface area contributed by atoms with Gasteiger partial charge in [-0.1, -0.05) is 36.4 Å². The van der Waals surface area contributed by atoms with Crippen molar-refractivity contribution in [3.63, 3.8) is 0 Å². The number of carbonyl (C=O) groups is 1. The van der Waals surface area contributed by atoms with E-state index < -0.39 is 11.9 Å². The quantitative estimate of drug-likeness (QED) is 0.490. The van der Waals surface area contributed by atoms with Crippen LogP contribution in [0.1, 0.15) is 18.5 Å². The van der Waals surface area contributed by atoms with Gasteiger partial charge >= 0.3 is 0 Å². The van der Waals surface area contributed by atoms with Gasteiger partial charge in [-0.05, 0) is 47.5 Å². The Labute approximate surface area is 196 Å². The summed E-state index contributed by atoms with van der Waals surface area (Å²) < 4.78 is 19.2. The third-order valence-electron chi connectivity index (χ3n) is 5.97. The van der Waals surface area contributed by atoms with Crippen LogP contribution < -0.4 is 10.2 Å². The molecule has 172 valence electrons. The normalized spacial score (nSPS) is 16.9. The summed E-state index contributed by atoms with van der Waals surface area (Å²) in [6, 6.07) is 19.1. The molecule has 1 aliphatic heterocycles. The molecule has 0 aliphatic carbocycles. The van der Waals surface area contributed by atoms with Crippen molar-refractivity contribution in [1.82, 2.24) is 20.5 Å². The Morgan fingerprint density at radius 3 is 2.74 bits per heavy atom. The second-order valence-corrected chi connectivity index (χ2v) is 8.31. The van der Waals surface area contributed by atoms with Gasteiger partial charge in [0.25, 0.3) is 5.91 Å². The number of carbonyl (C=O) groups excluding carboxylic acids is 1. The van der Waals surface area contributed by atoms with Crippen LogP contribution in [0.25, 0.3) is 22.0 Å². The van der Waals surface area contributed by atoms with E-state index >= 15 is 0 Å². The van der Waals surface area contributed by atoms with Gasteiger partial charge in [-0.2, -0.15) is 0 Å². The molecule has 0 spiro atoms. The predicted octanol–water partition coefficient (Wildman–Crippen LogP) is 3.91. The van der Waals surface area contributed by atoms with Gasteiger partial charge in [0.1, 0.15) is 5.82 Å². The van der Waals surface area contributed by atoms with Crippen LogP contribution in [0.3, 0.4) is 0 Å². The molecule has 2 aromatic carbocycles. The highest BCUT2D eigenvalue weighted by Crippen LogP contribution is 2.22. The number of nitrogens with zero attached hydrogens (tertiary/aromatic N) is 4. The van der Waals surface area contributed by atoms with Crippen molar-refractivity contribution in [2.75, 3.05) is 24.6 Å². The summed E-state index contributed by atoms with van der Waals surface area (Å²) in [5, 5.41) is 13.9. The Kier molecular flexibility index (Phi) is 6.14. The lowest BCUT2D eigenvalue weighted by atomic mass is 10.0. The summed E-state index contributed by atoms with van der Waals surface area (Å²) in [5.41, 5.74) is 2.12. The van der Waals surface area contributed by atoms with E-state index in [1.807, 2.05) is 36.1 Å². The number of nitrogens with one attached hydrogen (secondary N) is 1. The largest absolute Gasteiger partial charge is 0.365 e. The summed E-state index contributed by atoms with van der Waals surface area (Å²) in [4.78, 5) is 18.8. The number of ether oxygens (including phenoxy) is 1. The first kappa shape index (κ1) is 21.9. The molecule has 1 unspecified atom stereocenters. The zero-order chi connectivity index (χ0) is 23.5. The number of amides is 1. The number of rotatable bonds is 5. The smallest absolute Gasteiger partial charge is 0.251 e. The second-order valence-electron chi connectivity index (χ2n) is 8.31. The average Bonchev–Trinajstić information content (AvgIpc) is 2.88. The Hall–Kier alpha value is -3.91. The molecule has 8 heteroatoms. The molecule has 0 bridgehead atoms. The van der Waals surface area contributed by atoms with Crippen LogP contribution in [-0.2, 0) is 9.53 Å². The number of morpholine rings is 1. The average molecular weight is 458 g/mol. The highest BCUT2D eigenvalue weighted by atomic mass is 19.1. The molecule has 1 saturated heterocycles. The van der Waals surface area contributed by atoms with Gasteiger partial charge in [0.05, 0.1) is 31.1 Å². The van der Waals surface area contributed by atoms with Crippen LogP contribution in [0, 0.1) is 5.82 Å². The monoisotopic (exact) mass is 457 g/mol. The molecule has 0 radical (unpaired) electrons. The molecule has 1 amide bonds. The van der Waals surface area contributed by atoms with Gasteiger partial charge < -0.3 is 15.0 Å². The minimum absolute atomic E-state index is 0.157. The van der Waals surface area contributed by atoms with Crippen molar-refractivity contribution < 1.29 is 13.9 Å². The Bertz CT molecular complexity index is 1310. The van der Waals surface area contributed by atoms with E-state index in [9.17, 15) is 9.18 Å². The fraction of sp³-hybridized carbons (Fsp3) is 0.231. The minimum Gasteiger partial charge on any atom is -0.365 e.